The van der Waals surface area contributed by atoms with Crippen molar-refractivity contribution in [3.63, 3.8) is 0 Å². The summed E-state index contributed by atoms with van der Waals surface area (Å²) in [5, 5.41) is 12.8. The molecule has 2 atom stereocenters. The lowest BCUT2D eigenvalue weighted by molar-refractivity contribution is 0.00563. The number of rotatable bonds is 4. The quantitative estimate of drug-likeness (QED) is 0.779. The first-order valence-corrected chi connectivity index (χ1v) is 9.44. The van der Waals surface area contributed by atoms with E-state index in [2.05, 4.69) is 5.32 Å². The molecule has 0 saturated carbocycles. The van der Waals surface area contributed by atoms with Crippen LogP contribution in [0.4, 0.5) is 8.78 Å². The monoisotopic (exact) mass is 419 g/mol. The van der Waals surface area contributed by atoms with E-state index < -0.39 is 46.4 Å². The lowest BCUT2D eigenvalue weighted by atomic mass is 10.1. The fraction of sp³-hybridized carbons (Fsp3) is 0.350. The number of aromatic hydroxyl groups is 1. The van der Waals surface area contributed by atoms with E-state index >= 15 is 0 Å². The molecule has 1 fully saturated rings. The molecule has 0 aliphatic carbocycles. The van der Waals surface area contributed by atoms with Crippen LogP contribution in [0.3, 0.4) is 0 Å². The lowest BCUT2D eigenvalue weighted by Crippen LogP contribution is -2.49. The van der Waals surface area contributed by atoms with Gasteiger partial charge in [-0.1, -0.05) is 13.0 Å². The topological polar surface area (TPSA) is 101 Å². The summed E-state index contributed by atoms with van der Waals surface area (Å²) < 4.78 is 33.7. The van der Waals surface area contributed by atoms with Crippen LogP contribution in [0.5, 0.6) is 5.75 Å². The highest BCUT2D eigenvalue weighted by atomic mass is 19.1. The highest BCUT2D eigenvalue weighted by Gasteiger charge is 2.43. The van der Waals surface area contributed by atoms with E-state index in [1.54, 1.807) is 0 Å². The molecule has 1 aromatic carbocycles. The Morgan fingerprint density at radius 2 is 2.10 bits per heavy atom. The molecule has 2 aromatic rings. The van der Waals surface area contributed by atoms with Gasteiger partial charge in [-0.05, 0) is 12.5 Å². The first-order valence-electron chi connectivity index (χ1n) is 9.44. The molecule has 4 rings (SSSR count). The molecule has 2 amide bonds. The maximum absolute atomic E-state index is 13.7. The molecule has 1 unspecified atom stereocenters. The smallest absolute Gasteiger partial charge is 0.276 e. The van der Waals surface area contributed by atoms with E-state index in [1.807, 2.05) is 6.92 Å². The van der Waals surface area contributed by atoms with Crippen molar-refractivity contribution in [1.29, 1.82) is 0 Å². The number of benzene rings is 1. The Labute approximate surface area is 169 Å². The fourth-order valence-corrected chi connectivity index (χ4v) is 3.78. The average molecular weight is 419 g/mol. The minimum atomic E-state index is -1.00. The van der Waals surface area contributed by atoms with E-state index in [-0.39, 0.29) is 30.4 Å². The number of carbonyl (C=O) groups is 2. The van der Waals surface area contributed by atoms with Crippen molar-refractivity contribution in [1.82, 2.24) is 14.8 Å². The molecule has 10 heteroatoms. The summed E-state index contributed by atoms with van der Waals surface area (Å²) >= 11 is 0. The van der Waals surface area contributed by atoms with Gasteiger partial charge < -0.3 is 24.6 Å². The van der Waals surface area contributed by atoms with Crippen LogP contribution < -0.4 is 10.7 Å². The van der Waals surface area contributed by atoms with Crippen molar-refractivity contribution in [2.45, 2.75) is 38.7 Å². The molecule has 2 N–H and O–H groups in total. The first-order chi connectivity index (χ1) is 14.3. The molecule has 0 spiro atoms. The molecule has 3 heterocycles. The van der Waals surface area contributed by atoms with Gasteiger partial charge in [0.15, 0.2) is 17.7 Å². The number of hydrogen-bond acceptors (Lipinski definition) is 5. The van der Waals surface area contributed by atoms with Crippen molar-refractivity contribution in [3.05, 3.63) is 63.1 Å². The third-order valence-corrected chi connectivity index (χ3v) is 5.40. The van der Waals surface area contributed by atoms with Gasteiger partial charge >= 0.3 is 0 Å². The maximum atomic E-state index is 13.7. The highest BCUT2D eigenvalue weighted by molar-refractivity contribution is 5.99. The number of aromatic nitrogens is 1. The van der Waals surface area contributed by atoms with Crippen molar-refractivity contribution in [2.24, 2.45) is 0 Å². The maximum Gasteiger partial charge on any atom is 0.276 e. The number of amides is 2. The van der Waals surface area contributed by atoms with Gasteiger partial charge in [-0.2, -0.15) is 0 Å². The van der Waals surface area contributed by atoms with Crippen LogP contribution in [0, 0.1) is 11.6 Å². The van der Waals surface area contributed by atoms with Crippen molar-refractivity contribution < 1.29 is 28.2 Å². The Bertz CT molecular complexity index is 1100. The number of halogens is 2. The van der Waals surface area contributed by atoms with Crippen LogP contribution in [0.2, 0.25) is 0 Å². The van der Waals surface area contributed by atoms with Gasteiger partial charge in [0, 0.05) is 24.4 Å². The minimum absolute atomic E-state index is 0.0304. The van der Waals surface area contributed by atoms with Gasteiger partial charge in [-0.15, -0.1) is 0 Å². The fourth-order valence-electron chi connectivity index (χ4n) is 3.78. The van der Waals surface area contributed by atoms with Crippen LogP contribution >= 0.6 is 0 Å². The average Bonchev–Trinajstić information content (AvgIpc) is 3.13. The van der Waals surface area contributed by atoms with Gasteiger partial charge in [0.2, 0.25) is 5.43 Å². The summed E-state index contributed by atoms with van der Waals surface area (Å²) in [6.07, 6.45) is 1.29. The lowest BCUT2D eigenvalue weighted by Gasteiger charge is -2.34. The number of carbonyl (C=O) groups excluding carboxylic acids is 2. The van der Waals surface area contributed by atoms with E-state index in [1.165, 1.54) is 21.7 Å². The number of pyridine rings is 1. The molecular weight excluding hydrogens is 400 g/mol. The van der Waals surface area contributed by atoms with Crippen molar-refractivity contribution in [2.75, 3.05) is 6.61 Å². The van der Waals surface area contributed by atoms with Gasteiger partial charge in [-0.25, -0.2) is 8.78 Å². The summed E-state index contributed by atoms with van der Waals surface area (Å²) in [5.41, 5.74) is -1.56. The number of fused-ring (bicyclic) bond motifs is 2. The summed E-state index contributed by atoms with van der Waals surface area (Å²) in [7, 11) is 0. The Kier molecular flexibility index (Phi) is 5.02. The molecule has 2 aliphatic heterocycles. The molecular formula is C20H19F2N3O5. The zero-order valence-corrected chi connectivity index (χ0v) is 16.0. The zero-order valence-electron chi connectivity index (χ0n) is 16.0. The normalized spacial score (nSPS) is 20.1. The second kappa shape index (κ2) is 7.52. The predicted octanol–water partition coefficient (Wildman–Crippen LogP) is 1.35. The third-order valence-electron chi connectivity index (χ3n) is 5.40. The SMILES string of the molecule is CC[C@@H]1COC2Cn3cc(C(=O)NCc4ccc(F)cc4F)c(=O)c(O)c3C(=O)N21. The largest absolute Gasteiger partial charge is 0.503 e. The molecule has 1 aromatic heterocycles. The Balaban J connectivity index is 1.62. The Morgan fingerprint density at radius 1 is 1.33 bits per heavy atom. The van der Waals surface area contributed by atoms with Crippen LogP contribution in [0.15, 0.2) is 29.2 Å². The Morgan fingerprint density at radius 3 is 2.80 bits per heavy atom. The molecule has 0 radical (unpaired) electrons. The summed E-state index contributed by atoms with van der Waals surface area (Å²) in [5.74, 6) is -3.80. The standard InChI is InChI=1S/C20H19F2N3O5/c1-2-12-9-30-15-8-24-7-13(17(26)18(27)16(24)20(29)25(12)15)19(28)23-6-10-3-4-11(21)5-14(10)22/h3-5,7,12,15,27H,2,6,8-9H2,1H3,(H,23,28)/t12-,15?/m1/s1. The molecule has 2 aliphatic rings. The van der Waals surface area contributed by atoms with Crippen LogP contribution in [-0.4, -0.2) is 45.3 Å². The van der Waals surface area contributed by atoms with Crippen molar-refractivity contribution in [3.8, 4) is 5.75 Å². The number of hydrogen-bond donors (Lipinski definition) is 2. The second-order valence-electron chi connectivity index (χ2n) is 7.20. The van der Waals surface area contributed by atoms with Gasteiger partial charge in [0.05, 0.1) is 19.2 Å². The number of nitrogens with zero attached hydrogens (tertiary/aromatic N) is 2. The van der Waals surface area contributed by atoms with Crippen LogP contribution in [0.1, 0.15) is 39.8 Å². The molecule has 158 valence electrons. The Hall–Kier alpha value is -3.27. The highest BCUT2D eigenvalue weighted by Crippen LogP contribution is 2.30. The first kappa shape index (κ1) is 20.0. The summed E-state index contributed by atoms with van der Waals surface area (Å²) in [6, 6.07) is 2.76. The summed E-state index contributed by atoms with van der Waals surface area (Å²) in [4.78, 5) is 39.4. The molecule has 30 heavy (non-hydrogen) atoms. The van der Waals surface area contributed by atoms with Crippen molar-refractivity contribution >= 4 is 11.8 Å². The number of nitrogens with one attached hydrogen (secondary N) is 1. The van der Waals surface area contributed by atoms with Gasteiger partial charge in [0.25, 0.3) is 11.8 Å². The minimum Gasteiger partial charge on any atom is -0.503 e. The van der Waals surface area contributed by atoms with Crippen LogP contribution in [0.25, 0.3) is 0 Å². The molecule has 0 bridgehead atoms. The molecule has 1 saturated heterocycles. The predicted molar refractivity (Wildman–Crippen MR) is 99.9 cm³/mol. The van der Waals surface area contributed by atoms with E-state index in [0.717, 1.165) is 6.07 Å². The van der Waals surface area contributed by atoms with Gasteiger partial charge in [-0.3, -0.25) is 14.4 Å². The van der Waals surface area contributed by atoms with E-state index in [9.17, 15) is 28.3 Å². The van der Waals surface area contributed by atoms with Gasteiger partial charge in [0.1, 0.15) is 17.2 Å². The summed E-state index contributed by atoms with van der Waals surface area (Å²) in [6.45, 7) is 2.12. The third kappa shape index (κ3) is 3.22. The number of ether oxygens (including phenoxy) is 1. The van der Waals surface area contributed by atoms with E-state index in [4.69, 9.17) is 4.74 Å². The van der Waals surface area contributed by atoms with Crippen LogP contribution in [-0.2, 0) is 17.8 Å². The van der Waals surface area contributed by atoms with E-state index in [0.29, 0.717) is 19.1 Å². The molecule has 8 nitrogen and oxygen atoms in total. The second-order valence-corrected chi connectivity index (χ2v) is 7.20. The zero-order chi connectivity index (χ0) is 21.6.